The molecule has 134 valence electrons. The van der Waals surface area contributed by atoms with E-state index in [0.717, 1.165) is 50.6 Å². The first kappa shape index (κ1) is 16.6. The van der Waals surface area contributed by atoms with Crippen molar-refractivity contribution in [3.8, 4) is 5.75 Å². The van der Waals surface area contributed by atoms with E-state index in [1.165, 1.54) is 5.56 Å². The first-order valence-corrected chi connectivity index (χ1v) is 9.08. The molecule has 0 radical (unpaired) electrons. The molecular weight excluding hydrogens is 318 g/mol. The van der Waals surface area contributed by atoms with Crippen LogP contribution in [0.15, 0.2) is 47.1 Å². The van der Waals surface area contributed by atoms with E-state index in [0.29, 0.717) is 13.2 Å². The Kier molecular flexibility index (Phi) is 5.35. The normalized spacial score (nSPS) is 24.5. The lowest BCUT2D eigenvalue weighted by molar-refractivity contribution is -0.0430. The molecule has 1 aromatic carbocycles. The van der Waals surface area contributed by atoms with Gasteiger partial charge in [-0.3, -0.25) is 4.90 Å². The smallest absolute Gasteiger partial charge is 0.133 e. The summed E-state index contributed by atoms with van der Waals surface area (Å²) in [5.41, 5.74) is 1.21. The highest BCUT2D eigenvalue weighted by Crippen LogP contribution is 2.26. The third-order valence-corrected chi connectivity index (χ3v) is 4.83. The molecule has 5 heteroatoms. The van der Waals surface area contributed by atoms with E-state index in [-0.39, 0.29) is 12.2 Å². The number of para-hydroxylation sites is 1. The summed E-state index contributed by atoms with van der Waals surface area (Å²) in [5.74, 6) is 1.85. The van der Waals surface area contributed by atoms with Crippen molar-refractivity contribution in [2.24, 2.45) is 0 Å². The van der Waals surface area contributed by atoms with Crippen LogP contribution in [0.1, 0.15) is 30.3 Å². The Hall–Kier alpha value is -1.82. The number of ether oxygens (including phenoxy) is 3. The third-order valence-electron chi connectivity index (χ3n) is 4.83. The van der Waals surface area contributed by atoms with Gasteiger partial charge < -0.3 is 18.6 Å². The molecule has 2 atom stereocenters. The predicted octanol–water partition coefficient (Wildman–Crippen LogP) is 3.41. The Bertz CT molecular complexity index is 651. The fourth-order valence-corrected chi connectivity index (χ4v) is 3.47. The maximum Gasteiger partial charge on any atom is 0.133 e. The molecule has 2 saturated heterocycles. The molecule has 0 amide bonds. The van der Waals surface area contributed by atoms with Crippen LogP contribution in [0.3, 0.4) is 0 Å². The minimum atomic E-state index is 0.00344. The monoisotopic (exact) mass is 343 g/mol. The molecule has 1 aromatic heterocycles. The highest BCUT2D eigenvalue weighted by Gasteiger charge is 2.24. The van der Waals surface area contributed by atoms with Crippen LogP contribution in [0, 0.1) is 0 Å². The van der Waals surface area contributed by atoms with Crippen molar-refractivity contribution in [3.63, 3.8) is 0 Å². The zero-order chi connectivity index (χ0) is 16.9. The van der Waals surface area contributed by atoms with Gasteiger partial charge in [0.15, 0.2) is 0 Å². The first-order chi connectivity index (χ1) is 12.4. The standard InChI is InChI=1S/C20H25NO4/c1-2-7-18(25-15-17-6-3-10-22-17)16(5-1)13-21-9-12-24-20(14-21)19-8-4-11-23-19/h1-2,4-5,7-8,11,17,20H,3,6,9-10,12-15H2/t17-,20-/m1/s1. The van der Waals surface area contributed by atoms with Gasteiger partial charge in [-0.2, -0.15) is 0 Å². The zero-order valence-corrected chi connectivity index (χ0v) is 14.4. The maximum atomic E-state index is 6.06. The van der Waals surface area contributed by atoms with Gasteiger partial charge in [0.2, 0.25) is 0 Å². The average Bonchev–Trinajstić information content (AvgIpc) is 3.35. The van der Waals surface area contributed by atoms with Gasteiger partial charge in [0.05, 0.1) is 19.0 Å². The predicted molar refractivity (Wildman–Crippen MR) is 93.6 cm³/mol. The fourth-order valence-electron chi connectivity index (χ4n) is 3.47. The van der Waals surface area contributed by atoms with Gasteiger partial charge in [0.25, 0.3) is 0 Å². The summed E-state index contributed by atoms with van der Waals surface area (Å²) in [6.45, 7) is 4.80. The maximum absolute atomic E-state index is 6.06. The second-order valence-corrected chi connectivity index (χ2v) is 6.66. The molecule has 2 aromatic rings. The number of morpholine rings is 1. The molecule has 0 bridgehead atoms. The molecule has 0 aliphatic carbocycles. The van der Waals surface area contributed by atoms with Gasteiger partial charge >= 0.3 is 0 Å². The van der Waals surface area contributed by atoms with Crippen molar-refractivity contribution >= 4 is 0 Å². The van der Waals surface area contributed by atoms with E-state index in [1.54, 1.807) is 6.26 Å². The fraction of sp³-hybridized carbons (Fsp3) is 0.500. The van der Waals surface area contributed by atoms with E-state index >= 15 is 0 Å². The van der Waals surface area contributed by atoms with E-state index in [2.05, 4.69) is 23.1 Å². The molecule has 3 heterocycles. The second-order valence-electron chi connectivity index (χ2n) is 6.66. The van der Waals surface area contributed by atoms with Gasteiger partial charge in [-0.05, 0) is 31.0 Å². The molecule has 0 saturated carbocycles. The van der Waals surface area contributed by atoms with Crippen molar-refractivity contribution in [2.75, 3.05) is 32.9 Å². The van der Waals surface area contributed by atoms with Crippen molar-refractivity contribution in [2.45, 2.75) is 31.6 Å². The van der Waals surface area contributed by atoms with E-state index in [9.17, 15) is 0 Å². The van der Waals surface area contributed by atoms with Gasteiger partial charge in [-0.25, -0.2) is 0 Å². The van der Waals surface area contributed by atoms with Gasteiger partial charge in [-0.1, -0.05) is 18.2 Å². The van der Waals surface area contributed by atoms with Crippen molar-refractivity contribution < 1.29 is 18.6 Å². The Morgan fingerprint density at radius 3 is 2.88 bits per heavy atom. The van der Waals surface area contributed by atoms with Crippen LogP contribution >= 0.6 is 0 Å². The Morgan fingerprint density at radius 1 is 1.08 bits per heavy atom. The molecule has 0 N–H and O–H groups in total. The van der Waals surface area contributed by atoms with Gasteiger partial charge in [-0.15, -0.1) is 0 Å². The summed E-state index contributed by atoms with van der Waals surface area (Å²) in [4.78, 5) is 2.39. The molecule has 0 unspecified atom stereocenters. The van der Waals surface area contributed by atoms with Crippen molar-refractivity contribution in [3.05, 3.63) is 54.0 Å². The van der Waals surface area contributed by atoms with Crippen LogP contribution in [-0.2, 0) is 16.0 Å². The topological polar surface area (TPSA) is 44.1 Å². The summed E-state index contributed by atoms with van der Waals surface area (Å²) in [6.07, 6.45) is 4.17. The summed E-state index contributed by atoms with van der Waals surface area (Å²) in [6, 6.07) is 12.2. The lowest BCUT2D eigenvalue weighted by Crippen LogP contribution is -2.37. The van der Waals surface area contributed by atoms with Crippen LogP contribution < -0.4 is 4.74 Å². The van der Waals surface area contributed by atoms with Crippen LogP contribution in [0.5, 0.6) is 5.75 Å². The highest BCUT2D eigenvalue weighted by atomic mass is 16.5. The molecule has 0 spiro atoms. The van der Waals surface area contributed by atoms with E-state index in [1.807, 2.05) is 18.2 Å². The number of rotatable bonds is 6. The summed E-state index contributed by atoms with van der Waals surface area (Å²) >= 11 is 0. The van der Waals surface area contributed by atoms with Crippen molar-refractivity contribution in [1.82, 2.24) is 4.90 Å². The van der Waals surface area contributed by atoms with Crippen LogP contribution in [0.2, 0.25) is 0 Å². The number of nitrogens with zero attached hydrogens (tertiary/aromatic N) is 1. The molecule has 4 rings (SSSR count). The third kappa shape index (κ3) is 4.24. The Morgan fingerprint density at radius 2 is 2.04 bits per heavy atom. The number of hydrogen-bond acceptors (Lipinski definition) is 5. The molecule has 5 nitrogen and oxygen atoms in total. The summed E-state index contributed by atoms with van der Waals surface area (Å²) < 4.78 is 23.1. The van der Waals surface area contributed by atoms with Crippen molar-refractivity contribution in [1.29, 1.82) is 0 Å². The van der Waals surface area contributed by atoms with Crippen LogP contribution in [-0.4, -0.2) is 43.9 Å². The Labute approximate surface area is 148 Å². The quantitative estimate of drug-likeness (QED) is 0.804. The summed E-state index contributed by atoms with van der Waals surface area (Å²) in [7, 11) is 0. The van der Waals surface area contributed by atoms with E-state index < -0.39 is 0 Å². The van der Waals surface area contributed by atoms with Gasteiger partial charge in [0.1, 0.15) is 24.2 Å². The van der Waals surface area contributed by atoms with Crippen LogP contribution in [0.25, 0.3) is 0 Å². The average molecular weight is 343 g/mol. The number of benzene rings is 1. The lowest BCUT2D eigenvalue weighted by atomic mass is 10.1. The molecular formula is C20H25NO4. The van der Waals surface area contributed by atoms with Crippen LogP contribution in [0.4, 0.5) is 0 Å². The first-order valence-electron chi connectivity index (χ1n) is 9.08. The highest BCUT2D eigenvalue weighted by molar-refractivity contribution is 5.33. The Balaban J connectivity index is 1.38. The SMILES string of the molecule is c1coc([C@H]2CN(Cc3ccccc3OC[C@H]3CCCO3)CCO2)c1. The largest absolute Gasteiger partial charge is 0.491 e. The molecule has 2 aliphatic rings. The minimum Gasteiger partial charge on any atom is -0.491 e. The number of hydrogen-bond donors (Lipinski definition) is 0. The minimum absolute atomic E-state index is 0.00344. The molecule has 2 fully saturated rings. The zero-order valence-electron chi connectivity index (χ0n) is 14.4. The number of furan rings is 1. The second kappa shape index (κ2) is 8.04. The molecule has 25 heavy (non-hydrogen) atoms. The lowest BCUT2D eigenvalue weighted by Gasteiger charge is -2.32. The van der Waals surface area contributed by atoms with E-state index in [4.69, 9.17) is 18.6 Å². The summed E-state index contributed by atoms with van der Waals surface area (Å²) in [5, 5.41) is 0. The van der Waals surface area contributed by atoms with Gasteiger partial charge in [0, 0.05) is 31.8 Å². The molecule has 2 aliphatic heterocycles.